The predicted molar refractivity (Wildman–Crippen MR) is 72.3 cm³/mol. The molecular formula is C13H26O2Si. The Kier molecular flexibility index (Phi) is 6.64. The van der Waals surface area contributed by atoms with Crippen molar-refractivity contribution in [3.8, 4) is 0 Å². The van der Waals surface area contributed by atoms with Crippen molar-refractivity contribution in [2.24, 2.45) is 5.92 Å². The van der Waals surface area contributed by atoms with Crippen LogP contribution in [0.2, 0.25) is 25.7 Å². The Labute approximate surface area is 101 Å². The van der Waals surface area contributed by atoms with Gasteiger partial charge in [0.15, 0.2) is 0 Å². The van der Waals surface area contributed by atoms with Crippen molar-refractivity contribution in [2.75, 3.05) is 6.61 Å². The van der Waals surface area contributed by atoms with Crippen LogP contribution in [0.3, 0.4) is 0 Å². The standard InChI is InChI=1S/C13H26O2Si/c1-11(2)13(14)15-9-7-8-12(3)10-16(4,5)6/h12H,1,7-10H2,2-6H3. The monoisotopic (exact) mass is 242 g/mol. The zero-order valence-electron chi connectivity index (χ0n) is 11.4. The topological polar surface area (TPSA) is 26.3 Å². The van der Waals surface area contributed by atoms with E-state index in [-0.39, 0.29) is 5.97 Å². The van der Waals surface area contributed by atoms with Gasteiger partial charge in [0, 0.05) is 13.6 Å². The Morgan fingerprint density at radius 1 is 1.38 bits per heavy atom. The van der Waals surface area contributed by atoms with E-state index in [4.69, 9.17) is 4.74 Å². The van der Waals surface area contributed by atoms with E-state index in [1.165, 1.54) is 6.04 Å². The Morgan fingerprint density at radius 2 is 1.94 bits per heavy atom. The molecule has 16 heavy (non-hydrogen) atoms. The minimum absolute atomic E-state index is 0.266. The number of carbonyl (C=O) groups is 1. The fraction of sp³-hybridized carbons (Fsp3) is 0.769. The molecule has 0 amide bonds. The molecular weight excluding hydrogens is 216 g/mol. The van der Waals surface area contributed by atoms with Gasteiger partial charge in [-0.05, 0) is 25.7 Å². The van der Waals surface area contributed by atoms with Gasteiger partial charge in [0.1, 0.15) is 0 Å². The SMILES string of the molecule is C=C(C)C(=O)OCCCC(C)C[Si](C)(C)C. The lowest BCUT2D eigenvalue weighted by atomic mass is 10.1. The number of rotatable bonds is 7. The Bertz CT molecular complexity index is 241. The minimum atomic E-state index is -0.942. The van der Waals surface area contributed by atoms with Gasteiger partial charge in [0.05, 0.1) is 6.61 Å². The van der Waals surface area contributed by atoms with Gasteiger partial charge in [-0.25, -0.2) is 4.79 Å². The van der Waals surface area contributed by atoms with Gasteiger partial charge < -0.3 is 4.74 Å². The summed E-state index contributed by atoms with van der Waals surface area (Å²) in [6.45, 7) is 15.2. The minimum Gasteiger partial charge on any atom is -0.462 e. The molecule has 0 spiro atoms. The summed E-state index contributed by atoms with van der Waals surface area (Å²) < 4.78 is 5.06. The molecule has 0 bridgehead atoms. The lowest BCUT2D eigenvalue weighted by Gasteiger charge is -2.21. The summed E-state index contributed by atoms with van der Waals surface area (Å²) in [5.74, 6) is 0.480. The van der Waals surface area contributed by atoms with E-state index in [1.54, 1.807) is 6.92 Å². The van der Waals surface area contributed by atoms with Crippen molar-refractivity contribution in [3.05, 3.63) is 12.2 Å². The summed E-state index contributed by atoms with van der Waals surface area (Å²) in [5.41, 5.74) is 0.482. The third kappa shape index (κ3) is 8.71. The summed E-state index contributed by atoms with van der Waals surface area (Å²) in [4.78, 5) is 11.1. The van der Waals surface area contributed by atoms with Crippen molar-refractivity contribution < 1.29 is 9.53 Å². The molecule has 0 aromatic carbocycles. The molecule has 0 saturated carbocycles. The average molecular weight is 242 g/mol. The van der Waals surface area contributed by atoms with Crippen LogP contribution in [0.15, 0.2) is 12.2 Å². The first-order chi connectivity index (χ1) is 7.22. The molecule has 0 radical (unpaired) electrons. The summed E-state index contributed by atoms with van der Waals surface area (Å²) in [6, 6.07) is 1.35. The van der Waals surface area contributed by atoms with Crippen molar-refractivity contribution in [1.29, 1.82) is 0 Å². The van der Waals surface area contributed by atoms with Crippen LogP contribution in [0.5, 0.6) is 0 Å². The lowest BCUT2D eigenvalue weighted by Crippen LogP contribution is -2.22. The zero-order valence-corrected chi connectivity index (χ0v) is 12.4. The molecule has 94 valence electrons. The van der Waals surface area contributed by atoms with Crippen LogP contribution < -0.4 is 0 Å². The van der Waals surface area contributed by atoms with E-state index < -0.39 is 8.07 Å². The second-order valence-electron chi connectivity index (χ2n) is 5.93. The third-order valence-corrected chi connectivity index (χ3v) is 4.31. The summed E-state index contributed by atoms with van der Waals surface area (Å²) in [7, 11) is -0.942. The van der Waals surface area contributed by atoms with Gasteiger partial charge in [-0.2, -0.15) is 0 Å². The van der Waals surface area contributed by atoms with Crippen LogP contribution in [0.4, 0.5) is 0 Å². The molecule has 0 aliphatic rings. The van der Waals surface area contributed by atoms with Crippen LogP contribution in [-0.2, 0) is 9.53 Å². The highest BCUT2D eigenvalue weighted by Crippen LogP contribution is 2.20. The Morgan fingerprint density at radius 3 is 2.38 bits per heavy atom. The second-order valence-corrected chi connectivity index (χ2v) is 11.5. The summed E-state index contributed by atoms with van der Waals surface area (Å²) >= 11 is 0. The summed E-state index contributed by atoms with van der Waals surface area (Å²) in [6.07, 6.45) is 2.11. The Balaban J connectivity index is 3.60. The highest BCUT2D eigenvalue weighted by Gasteiger charge is 2.17. The summed E-state index contributed by atoms with van der Waals surface area (Å²) in [5, 5.41) is 0. The molecule has 1 atom stereocenters. The maximum Gasteiger partial charge on any atom is 0.333 e. The van der Waals surface area contributed by atoms with Crippen LogP contribution in [0.1, 0.15) is 26.7 Å². The first-order valence-electron chi connectivity index (χ1n) is 6.05. The maximum atomic E-state index is 11.1. The molecule has 0 rings (SSSR count). The van der Waals surface area contributed by atoms with Crippen LogP contribution >= 0.6 is 0 Å². The Hall–Kier alpha value is -0.573. The average Bonchev–Trinajstić information content (AvgIpc) is 2.08. The molecule has 0 N–H and O–H groups in total. The maximum absolute atomic E-state index is 11.1. The van der Waals surface area contributed by atoms with E-state index in [0.29, 0.717) is 12.2 Å². The number of hydrogen-bond donors (Lipinski definition) is 0. The van der Waals surface area contributed by atoms with Crippen LogP contribution in [0.25, 0.3) is 0 Å². The van der Waals surface area contributed by atoms with Crippen LogP contribution in [-0.4, -0.2) is 20.7 Å². The highest BCUT2D eigenvalue weighted by atomic mass is 28.3. The van der Waals surface area contributed by atoms with E-state index >= 15 is 0 Å². The van der Waals surface area contributed by atoms with Crippen LogP contribution in [0, 0.1) is 5.92 Å². The molecule has 0 aromatic heterocycles. The molecule has 0 aliphatic heterocycles. The van der Waals surface area contributed by atoms with E-state index in [9.17, 15) is 4.79 Å². The predicted octanol–water partition coefficient (Wildman–Crippen LogP) is 3.86. The van der Waals surface area contributed by atoms with Gasteiger partial charge in [-0.15, -0.1) is 0 Å². The fourth-order valence-corrected chi connectivity index (χ4v) is 4.16. The number of hydrogen-bond acceptors (Lipinski definition) is 2. The molecule has 0 aromatic rings. The number of ether oxygens (including phenoxy) is 1. The third-order valence-electron chi connectivity index (χ3n) is 2.38. The highest BCUT2D eigenvalue weighted by molar-refractivity contribution is 6.76. The normalized spacial score (nSPS) is 13.3. The zero-order chi connectivity index (χ0) is 12.8. The van der Waals surface area contributed by atoms with Crippen molar-refractivity contribution >= 4 is 14.0 Å². The largest absolute Gasteiger partial charge is 0.462 e. The van der Waals surface area contributed by atoms with Gasteiger partial charge in [-0.3, -0.25) is 0 Å². The quantitative estimate of drug-likeness (QED) is 0.293. The first-order valence-corrected chi connectivity index (χ1v) is 9.75. The van der Waals surface area contributed by atoms with Gasteiger partial charge in [-0.1, -0.05) is 39.2 Å². The van der Waals surface area contributed by atoms with Gasteiger partial charge in [0.25, 0.3) is 0 Å². The molecule has 0 fully saturated rings. The van der Waals surface area contributed by atoms with Crippen molar-refractivity contribution in [2.45, 2.75) is 52.4 Å². The molecule has 2 nitrogen and oxygen atoms in total. The molecule has 3 heteroatoms. The van der Waals surface area contributed by atoms with E-state index in [0.717, 1.165) is 18.8 Å². The number of esters is 1. The second kappa shape index (κ2) is 6.89. The van der Waals surface area contributed by atoms with E-state index in [1.807, 2.05) is 0 Å². The molecule has 0 aliphatic carbocycles. The molecule has 0 saturated heterocycles. The van der Waals surface area contributed by atoms with E-state index in [2.05, 4.69) is 33.1 Å². The smallest absolute Gasteiger partial charge is 0.333 e. The lowest BCUT2D eigenvalue weighted by molar-refractivity contribution is -0.139. The fourth-order valence-electron chi connectivity index (χ4n) is 1.87. The van der Waals surface area contributed by atoms with Gasteiger partial charge in [0.2, 0.25) is 0 Å². The molecule has 0 heterocycles. The van der Waals surface area contributed by atoms with Crippen molar-refractivity contribution in [3.63, 3.8) is 0 Å². The molecule has 1 unspecified atom stereocenters. The van der Waals surface area contributed by atoms with Gasteiger partial charge >= 0.3 is 5.97 Å². The first kappa shape index (κ1) is 15.4. The number of carbonyl (C=O) groups excluding carboxylic acids is 1. The van der Waals surface area contributed by atoms with Crippen molar-refractivity contribution in [1.82, 2.24) is 0 Å².